The van der Waals surface area contributed by atoms with Gasteiger partial charge in [0, 0.05) is 20.6 Å². The van der Waals surface area contributed by atoms with Crippen LogP contribution >= 0.6 is 0 Å². The van der Waals surface area contributed by atoms with Crippen LogP contribution in [0.3, 0.4) is 0 Å². The molecule has 2 heteroatoms. The maximum absolute atomic E-state index is 3.33. The third-order valence-corrected chi connectivity index (χ3v) is 5.12. The Kier molecular flexibility index (Phi) is 22.4. The number of unbranched alkanes of at least 4 members (excludes halogenated alkanes) is 16. The maximum atomic E-state index is 3.33. The van der Waals surface area contributed by atoms with Crippen LogP contribution in [0.5, 0.6) is 0 Å². The summed E-state index contributed by atoms with van der Waals surface area (Å²) < 4.78 is 0. The Morgan fingerprint density at radius 2 is 0.923 bits per heavy atom. The zero-order valence-corrected chi connectivity index (χ0v) is 18.5. The van der Waals surface area contributed by atoms with Crippen LogP contribution in [0.4, 0.5) is 0 Å². The minimum Gasteiger partial charge on any atom is -0.256 e. The van der Waals surface area contributed by atoms with Gasteiger partial charge in [0.05, 0.1) is 0 Å². The molecule has 0 saturated carbocycles. The van der Waals surface area contributed by atoms with Crippen molar-refractivity contribution in [3.63, 3.8) is 0 Å². The molecule has 0 aliphatic rings. The molecule has 0 radical (unpaired) electrons. The highest BCUT2D eigenvalue weighted by atomic mass is 15.5. The van der Waals surface area contributed by atoms with Gasteiger partial charge in [-0.3, -0.25) is 10.4 Å². The van der Waals surface area contributed by atoms with E-state index in [0.29, 0.717) is 0 Å². The monoisotopic (exact) mass is 366 g/mol. The van der Waals surface area contributed by atoms with Gasteiger partial charge in [-0.2, -0.15) is 0 Å². The zero-order valence-electron chi connectivity index (χ0n) is 18.5. The molecule has 0 aliphatic carbocycles. The van der Waals surface area contributed by atoms with Crippen molar-refractivity contribution in [2.24, 2.45) is 0 Å². The number of allylic oxidation sites excluding steroid dienone is 2. The van der Waals surface area contributed by atoms with Crippen LogP contribution in [0.25, 0.3) is 0 Å². The van der Waals surface area contributed by atoms with Gasteiger partial charge in [0.15, 0.2) is 0 Å². The first-order valence-electron chi connectivity index (χ1n) is 11.8. The van der Waals surface area contributed by atoms with Crippen molar-refractivity contribution in [3.05, 3.63) is 12.2 Å². The van der Waals surface area contributed by atoms with Gasteiger partial charge in [0.25, 0.3) is 0 Å². The summed E-state index contributed by atoms with van der Waals surface area (Å²) in [5.74, 6) is 0. The second kappa shape index (κ2) is 22.7. The largest absolute Gasteiger partial charge is 0.256 e. The molecule has 0 aromatic heterocycles. The lowest BCUT2D eigenvalue weighted by molar-refractivity contribution is 0.286. The highest BCUT2D eigenvalue weighted by Crippen LogP contribution is 2.12. The summed E-state index contributed by atoms with van der Waals surface area (Å²) in [7, 11) is 4.12. The summed E-state index contributed by atoms with van der Waals surface area (Å²) in [6, 6.07) is 0. The van der Waals surface area contributed by atoms with E-state index in [4.69, 9.17) is 0 Å². The maximum Gasteiger partial charge on any atom is 0.0102 e. The van der Waals surface area contributed by atoms with E-state index in [1.54, 1.807) is 0 Å². The Morgan fingerprint density at radius 1 is 0.538 bits per heavy atom. The van der Waals surface area contributed by atoms with Gasteiger partial charge < -0.3 is 0 Å². The molecule has 26 heavy (non-hydrogen) atoms. The van der Waals surface area contributed by atoms with Crippen molar-refractivity contribution in [1.82, 2.24) is 10.4 Å². The lowest BCUT2D eigenvalue weighted by Gasteiger charge is -2.11. The first-order valence-corrected chi connectivity index (χ1v) is 11.8. The lowest BCUT2D eigenvalue weighted by Crippen LogP contribution is -2.30. The summed E-state index contributed by atoms with van der Waals surface area (Å²) in [5.41, 5.74) is 3.33. The lowest BCUT2D eigenvalue weighted by atomic mass is 10.1. The molecule has 0 atom stereocenters. The van der Waals surface area contributed by atoms with Crippen molar-refractivity contribution >= 4 is 0 Å². The van der Waals surface area contributed by atoms with Gasteiger partial charge in [0.1, 0.15) is 0 Å². The van der Waals surface area contributed by atoms with Gasteiger partial charge in [0.2, 0.25) is 0 Å². The van der Waals surface area contributed by atoms with Gasteiger partial charge in [-0.05, 0) is 32.1 Å². The highest BCUT2D eigenvalue weighted by molar-refractivity contribution is 4.81. The highest BCUT2D eigenvalue weighted by Gasteiger charge is 1.94. The molecule has 0 aromatic carbocycles. The molecule has 0 unspecified atom stereocenters. The Bertz CT molecular complexity index is 273. The standard InChI is InChI=1S/C24H50N2/c1-4-5-6-7-8-9-10-11-12-13-14-15-16-17-18-19-20-21-22-23-24-25-26(2)3/h11-12,25H,4-10,13-24H2,1-3H3/b12-11-. The fourth-order valence-corrected chi connectivity index (χ4v) is 3.38. The predicted molar refractivity (Wildman–Crippen MR) is 120 cm³/mol. The molecule has 0 heterocycles. The Balaban J connectivity index is 3.05. The van der Waals surface area contributed by atoms with Gasteiger partial charge in [-0.15, -0.1) is 0 Å². The fourth-order valence-electron chi connectivity index (χ4n) is 3.38. The predicted octanol–water partition coefficient (Wildman–Crippen LogP) is 7.65. The van der Waals surface area contributed by atoms with Crippen molar-refractivity contribution in [1.29, 1.82) is 0 Å². The van der Waals surface area contributed by atoms with E-state index < -0.39 is 0 Å². The Morgan fingerprint density at radius 3 is 1.35 bits per heavy atom. The smallest absolute Gasteiger partial charge is 0.0102 e. The third kappa shape index (κ3) is 23.7. The van der Waals surface area contributed by atoms with Crippen molar-refractivity contribution in [2.75, 3.05) is 20.6 Å². The molecule has 0 rings (SSSR count). The Hall–Kier alpha value is -0.340. The average molecular weight is 367 g/mol. The molecule has 0 spiro atoms. The number of hydrazine groups is 1. The molecule has 0 amide bonds. The van der Waals surface area contributed by atoms with Gasteiger partial charge in [-0.1, -0.05) is 103 Å². The fraction of sp³-hybridized carbons (Fsp3) is 0.917. The third-order valence-electron chi connectivity index (χ3n) is 5.12. The van der Waals surface area contributed by atoms with Crippen molar-refractivity contribution in [2.45, 2.75) is 122 Å². The topological polar surface area (TPSA) is 15.3 Å². The van der Waals surface area contributed by atoms with Crippen LogP contribution in [0.2, 0.25) is 0 Å². The quantitative estimate of drug-likeness (QED) is 0.127. The second-order valence-electron chi connectivity index (χ2n) is 8.15. The molecule has 0 bridgehead atoms. The molecule has 1 N–H and O–H groups in total. The second-order valence-corrected chi connectivity index (χ2v) is 8.15. The number of hydrogen-bond donors (Lipinski definition) is 1. The van der Waals surface area contributed by atoms with Crippen LogP contribution in [-0.4, -0.2) is 25.6 Å². The van der Waals surface area contributed by atoms with Gasteiger partial charge in [-0.25, -0.2) is 0 Å². The Labute approximate surface area is 166 Å². The van der Waals surface area contributed by atoms with E-state index in [0.717, 1.165) is 6.54 Å². The minimum atomic E-state index is 1.13. The molecule has 0 saturated heterocycles. The minimum absolute atomic E-state index is 1.13. The zero-order chi connectivity index (χ0) is 19.1. The van der Waals surface area contributed by atoms with Crippen LogP contribution < -0.4 is 5.43 Å². The summed E-state index contributed by atoms with van der Waals surface area (Å²) in [5, 5.41) is 2.05. The van der Waals surface area contributed by atoms with E-state index in [9.17, 15) is 0 Å². The molecular formula is C24H50N2. The van der Waals surface area contributed by atoms with Gasteiger partial charge >= 0.3 is 0 Å². The molecular weight excluding hydrogens is 316 g/mol. The van der Waals surface area contributed by atoms with E-state index in [2.05, 4.69) is 38.6 Å². The number of hydrogen-bond acceptors (Lipinski definition) is 2. The van der Waals surface area contributed by atoms with Crippen LogP contribution in [0.1, 0.15) is 122 Å². The number of nitrogens with zero attached hydrogens (tertiary/aromatic N) is 1. The molecule has 0 aromatic rings. The van der Waals surface area contributed by atoms with Crippen molar-refractivity contribution in [3.8, 4) is 0 Å². The average Bonchev–Trinajstić information content (AvgIpc) is 2.62. The van der Waals surface area contributed by atoms with Crippen LogP contribution in [0, 0.1) is 0 Å². The molecule has 156 valence electrons. The molecule has 2 nitrogen and oxygen atoms in total. The first-order chi connectivity index (χ1) is 12.8. The summed E-state index contributed by atoms with van der Waals surface area (Å²) in [6.45, 7) is 3.41. The molecule has 0 fully saturated rings. The van der Waals surface area contributed by atoms with E-state index >= 15 is 0 Å². The van der Waals surface area contributed by atoms with E-state index in [1.165, 1.54) is 116 Å². The SMILES string of the molecule is CCCCCCCC/C=C\CCCCCCCCCCCCNN(C)C. The summed E-state index contributed by atoms with van der Waals surface area (Å²) >= 11 is 0. The number of nitrogens with one attached hydrogen (secondary N) is 1. The van der Waals surface area contributed by atoms with Crippen molar-refractivity contribution < 1.29 is 0 Å². The van der Waals surface area contributed by atoms with E-state index in [1.807, 2.05) is 5.01 Å². The van der Waals surface area contributed by atoms with Crippen LogP contribution in [-0.2, 0) is 0 Å². The molecule has 0 aliphatic heterocycles. The van der Waals surface area contributed by atoms with E-state index in [-0.39, 0.29) is 0 Å². The number of rotatable bonds is 21. The normalized spacial score (nSPS) is 11.8. The van der Waals surface area contributed by atoms with Crippen LogP contribution in [0.15, 0.2) is 12.2 Å². The summed E-state index contributed by atoms with van der Waals surface area (Å²) in [4.78, 5) is 0. The first kappa shape index (κ1) is 25.7. The summed E-state index contributed by atoms with van der Waals surface area (Å²) in [6.07, 6.45) is 30.1.